The van der Waals surface area contributed by atoms with E-state index in [2.05, 4.69) is 5.32 Å². The van der Waals surface area contributed by atoms with Crippen molar-refractivity contribution in [2.24, 2.45) is 0 Å². The van der Waals surface area contributed by atoms with E-state index in [0.29, 0.717) is 18.0 Å². The summed E-state index contributed by atoms with van der Waals surface area (Å²) in [4.78, 5) is 14.4. The van der Waals surface area contributed by atoms with Crippen LogP contribution in [0.25, 0.3) is 0 Å². The highest BCUT2D eigenvalue weighted by molar-refractivity contribution is 7.91. The van der Waals surface area contributed by atoms with Gasteiger partial charge in [-0.25, -0.2) is 13.2 Å². The number of urea groups is 1. The summed E-state index contributed by atoms with van der Waals surface area (Å²) in [6, 6.07) is 6.58. The zero-order valence-electron chi connectivity index (χ0n) is 14.3. The Kier molecular flexibility index (Phi) is 6.62. The summed E-state index contributed by atoms with van der Waals surface area (Å²) in [5.74, 6) is 0.0838. The highest BCUT2D eigenvalue weighted by Gasteiger charge is 2.20. The van der Waals surface area contributed by atoms with Crippen molar-refractivity contribution in [1.29, 1.82) is 0 Å². The van der Waals surface area contributed by atoms with Gasteiger partial charge in [0.05, 0.1) is 16.8 Å². The van der Waals surface area contributed by atoms with E-state index in [1.54, 1.807) is 38.3 Å². The van der Waals surface area contributed by atoms with Crippen LogP contribution < -0.4 is 5.32 Å². The summed E-state index contributed by atoms with van der Waals surface area (Å²) >= 11 is 0. The molecule has 134 valence electrons. The van der Waals surface area contributed by atoms with Crippen molar-refractivity contribution in [2.75, 3.05) is 26.0 Å². The van der Waals surface area contributed by atoms with E-state index >= 15 is 0 Å². The van der Waals surface area contributed by atoms with Crippen molar-refractivity contribution in [2.45, 2.75) is 43.7 Å². The molecule has 0 aromatic heterocycles. The lowest BCUT2D eigenvalue weighted by Gasteiger charge is -2.21. The van der Waals surface area contributed by atoms with Gasteiger partial charge in [-0.3, -0.25) is 0 Å². The highest BCUT2D eigenvalue weighted by Crippen LogP contribution is 2.14. The molecule has 1 unspecified atom stereocenters. The number of carbonyl (C=O) groups excluding carboxylic acids is 1. The van der Waals surface area contributed by atoms with Crippen molar-refractivity contribution in [3.8, 4) is 0 Å². The van der Waals surface area contributed by atoms with Crippen LogP contribution in [0.1, 0.15) is 31.7 Å². The number of hydrogen-bond donors (Lipinski definition) is 1. The number of rotatable bonds is 5. The van der Waals surface area contributed by atoms with Gasteiger partial charge in [-0.1, -0.05) is 19.1 Å². The van der Waals surface area contributed by atoms with Gasteiger partial charge in [-0.15, -0.1) is 0 Å². The van der Waals surface area contributed by atoms with E-state index in [1.807, 2.05) is 4.90 Å². The Morgan fingerprint density at radius 1 is 1.25 bits per heavy atom. The fourth-order valence-corrected chi connectivity index (χ4v) is 3.66. The summed E-state index contributed by atoms with van der Waals surface area (Å²) in [5, 5.41) is 2.90. The molecule has 1 fully saturated rings. The van der Waals surface area contributed by atoms with Crippen molar-refractivity contribution in [3.63, 3.8) is 0 Å². The van der Waals surface area contributed by atoms with Crippen LogP contribution in [-0.2, 0) is 21.1 Å². The van der Waals surface area contributed by atoms with Gasteiger partial charge in [0, 0.05) is 26.7 Å². The van der Waals surface area contributed by atoms with Crippen LogP contribution in [0.5, 0.6) is 0 Å². The van der Waals surface area contributed by atoms with Crippen LogP contribution in [0.3, 0.4) is 0 Å². The molecule has 0 spiro atoms. The first kappa shape index (κ1) is 18.7. The Labute approximate surface area is 144 Å². The SMILES string of the molecule is CCS(=O)(=O)c1ccc(CNC(=O)N2CCCC(OC)CC2)cc1. The molecular weight excluding hydrogens is 328 g/mol. The lowest BCUT2D eigenvalue weighted by Crippen LogP contribution is -2.40. The Morgan fingerprint density at radius 3 is 2.58 bits per heavy atom. The molecule has 1 N–H and O–H groups in total. The molecule has 24 heavy (non-hydrogen) atoms. The second-order valence-corrected chi connectivity index (χ2v) is 8.26. The van der Waals surface area contributed by atoms with Gasteiger partial charge in [0.1, 0.15) is 0 Å². The molecule has 1 aromatic rings. The van der Waals surface area contributed by atoms with E-state index in [9.17, 15) is 13.2 Å². The van der Waals surface area contributed by atoms with Crippen LogP contribution in [0, 0.1) is 0 Å². The number of benzene rings is 1. The third-order valence-corrected chi connectivity index (χ3v) is 6.15. The quantitative estimate of drug-likeness (QED) is 0.879. The Morgan fingerprint density at radius 2 is 1.96 bits per heavy atom. The zero-order valence-corrected chi connectivity index (χ0v) is 15.1. The fraction of sp³-hybridized carbons (Fsp3) is 0.588. The molecule has 6 nitrogen and oxygen atoms in total. The number of ether oxygens (including phenoxy) is 1. The molecule has 1 atom stereocenters. The topological polar surface area (TPSA) is 75.7 Å². The number of carbonyl (C=O) groups is 1. The van der Waals surface area contributed by atoms with Crippen LogP contribution in [0.4, 0.5) is 4.79 Å². The molecule has 0 radical (unpaired) electrons. The number of methoxy groups -OCH3 is 1. The molecule has 1 aromatic carbocycles. The standard InChI is InChI=1S/C17H26N2O4S/c1-3-24(21,22)16-8-6-14(7-9-16)13-18-17(20)19-11-4-5-15(23-2)10-12-19/h6-9,15H,3-5,10-13H2,1-2H3,(H,18,20). The number of hydrogen-bond acceptors (Lipinski definition) is 4. The summed E-state index contributed by atoms with van der Waals surface area (Å²) in [7, 11) is -1.47. The van der Waals surface area contributed by atoms with E-state index in [1.165, 1.54) is 0 Å². The maximum Gasteiger partial charge on any atom is 0.317 e. The van der Waals surface area contributed by atoms with Gasteiger partial charge >= 0.3 is 6.03 Å². The number of likely N-dealkylation sites (tertiary alicyclic amines) is 1. The van der Waals surface area contributed by atoms with E-state index in [4.69, 9.17) is 4.74 Å². The van der Waals surface area contributed by atoms with Gasteiger partial charge in [-0.05, 0) is 37.0 Å². The largest absolute Gasteiger partial charge is 0.381 e. The zero-order chi connectivity index (χ0) is 17.6. The summed E-state index contributed by atoms with van der Waals surface area (Å²) in [5.41, 5.74) is 0.878. The molecule has 2 rings (SSSR count). The maximum absolute atomic E-state index is 12.3. The Hall–Kier alpha value is -1.60. The van der Waals surface area contributed by atoms with E-state index in [-0.39, 0.29) is 17.9 Å². The number of amides is 2. The first-order valence-electron chi connectivity index (χ1n) is 8.33. The van der Waals surface area contributed by atoms with Crippen LogP contribution in [0.15, 0.2) is 29.2 Å². The molecule has 1 heterocycles. The minimum Gasteiger partial charge on any atom is -0.381 e. The first-order valence-corrected chi connectivity index (χ1v) is 9.98. The number of sulfone groups is 1. The molecular formula is C17H26N2O4S. The van der Waals surface area contributed by atoms with Crippen molar-refractivity contribution >= 4 is 15.9 Å². The van der Waals surface area contributed by atoms with Gasteiger partial charge in [0.15, 0.2) is 9.84 Å². The molecule has 1 saturated heterocycles. The second-order valence-electron chi connectivity index (χ2n) is 5.98. The predicted octanol–water partition coefficient (Wildman–Crippen LogP) is 2.19. The van der Waals surface area contributed by atoms with Crippen LogP contribution in [0.2, 0.25) is 0 Å². The normalized spacial score (nSPS) is 18.9. The summed E-state index contributed by atoms with van der Waals surface area (Å²) in [6.07, 6.45) is 3.01. The Balaban J connectivity index is 1.87. The predicted molar refractivity (Wildman–Crippen MR) is 92.6 cm³/mol. The number of nitrogens with zero attached hydrogens (tertiary/aromatic N) is 1. The summed E-state index contributed by atoms with van der Waals surface area (Å²) in [6.45, 7) is 3.44. The summed E-state index contributed by atoms with van der Waals surface area (Å²) < 4.78 is 28.9. The molecule has 0 bridgehead atoms. The van der Waals surface area contributed by atoms with Gasteiger partial charge in [0.25, 0.3) is 0 Å². The van der Waals surface area contributed by atoms with Crippen molar-refractivity contribution < 1.29 is 17.9 Å². The molecule has 1 aliphatic heterocycles. The lowest BCUT2D eigenvalue weighted by atomic mass is 10.2. The smallest absolute Gasteiger partial charge is 0.317 e. The first-order chi connectivity index (χ1) is 11.5. The molecule has 2 amide bonds. The third-order valence-electron chi connectivity index (χ3n) is 4.40. The average Bonchev–Trinajstić information content (AvgIpc) is 2.85. The van der Waals surface area contributed by atoms with Gasteiger partial charge in [0.2, 0.25) is 0 Å². The third kappa shape index (κ3) is 4.95. The number of nitrogens with one attached hydrogen (secondary N) is 1. The second kappa shape index (κ2) is 8.48. The average molecular weight is 354 g/mol. The molecule has 7 heteroatoms. The van der Waals surface area contributed by atoms with Crippen LogP contribution >= 0.6 is 0 Å². The van der Waals surface area contributed by atoms with Gasteiger partial charge in [-0.2, -0.15) is 0 Å². The van der Waals surface area contributed by atoms with Crippen LogP contribution in [-0.4, -0.2) is 51.4 Å². The maximum atomic E-state index is 12.3. The molecule has 0 saturated carbocycles. The fourth-order valence-electron chi connectivity index (χ4n) is 2.78. The Bertz CT molecular complexity index is 643. The van der Waals surface area contributed by atoms with E-state index < -0.39 is 9.84 Å². The lowest BCUT2D eigenvalue weighted by molar-refractivity contribution is 0.0906. The van der Waals surface area contributed by atoms with Gasteiger partial charge < -0.3 is 15.0 Å². The van der Waals surface area contributed by atoms with Crippen molar-refractivity contribution in [3.05, 3.63) is 29.8 Å². The van der Waals surface area contributed by atoms with E-state index in [0.717, 1.165) is 31.4 Å². The minimum absolute atomic E-state index is 0.0838. The minimum atomic E-state index is -3.18. The highest BCUT2D eigenvalue weighted by atomic mass is 32.2. The molecule has 1 aliphatic rings. The monoisotopic (exact) mass is 354 g/mol. The van der Waals surface area contributed by atoms with Crippen molar-refractivity contribution in [1.82, 2.24) is 10.2 Å². The molecule has 0 aliphatic carbocycles.